The number of piperidine rings is 1. The van der Waals surface area contributed by atoms with Gasteiger partial charge in [-0.2, -0.15) is 0 Å². The first-order valence-electron chi connectivity index (χ1n) is 12.0. The van der Waals surface area contributed by atoms with E-state index in [-0.39, 0.29) is 5.75 Å². The van der Waals surface area contributed by atoms with E-state index < -0.39 is 11.0 Å². The van der Waals surface area contributed by atoms with Crippen molar-refractivity contribution in [3.05, 3.63) is 99.7 Å². The van der Waals surface area contributed by atoms with Crippen LogP contribution in [0.3, 0.4) is 0 Å². The lowest BCUT2D eigenvalue weighted by molar-refractivity contribution is -0.102. The van der Waals surface area contributed by atoms with Gasteiger partial charge in [0.05, 0.1) is 5.60 Å². The first kappa shape index (κ1) is 21.9. The number of fused-ring (bicyclic) bond motifs is 4. The highest BCUT2D eigenvalue weighted by atomic mass is 79.9. The molecule has 2 atom stereocenters. The number of phenolic OH excluding ortho intramolecular Hbond substituents is 1. The van der Waals surface area contributed by atoms with Gasteiger partial charge in [-0.15, -0.1) is 0 Å². The zero-order chi connectivity index (χ0) is 23.3. The summed E-state index contributed by atoms with van der Waals surface area (Å²) in [6, 6.07) is 24.5. The Balaban J connectivity index is 1.40. The van der Waals surface area contributed by atoms with E-state index in [1.165, 1.54) is 22.2 Å². The van der Waals surface area contributed by atoms with Crippen LogP contribution < -0.4 is 0 Å². The first-order valence-corrected chi connectivity index (χ1v) is 12.8. The highest BCUT2D eigenvalue weighted by Gasteiger charge is 2.57. The van der Waals surface area contributed by atoms with Crippen LogP contribution in [0.2, 0.25) is 0 Å². The summed E-state index contributed by atoms with van der Waals surface area (Å²) in [6.07, 6.45) is 3.16. The number of H-pyrrole nitrogens is 1. The van der Waals surface area contributed by atoms with Gasteiger partial charge in [0, 0.05) is 52.4 Å². The maximum atomic E-state index is 12.5. The molecule has 0 unspecified atom stereocenters. The number of hydrogen-bond acceptors (Lipinski definition) is 3. The van der Waals surface area contributed by atoms with E-state index in [1.807, 2.05) is 12.1 Å². The van der Waals surface area contributed by atoms with E-state index in [2.05, 4.69) is 80.4 Å². The van der Waals surface area contributed by atoms with Gasteiger partial charge in [-0.05, 0) is 60.3 Å². The van der Waals surface area contributed by atoms with Crippen LogP contribution in [0.4, 0.5) is 0 Å². The van der Waals surface area contributed by atoms with Crippen molar-refractivity contribution in [2.24, 2.45) is 0 Å². The van der Waals surface area contributed by atoms with Crippen LogP contribution in [0.25, 0.3) is 10.9 Å². The number of aliphatic hydroxyl groups is 1. The molecule has 1 saturated heterocycles. The number of phenols is 1. The average molecular weight is 517 g/mol. The Kier molecular flexibility index (Phi) is 5.32. The third-order valence-corrected chi connectivity index (χ3v) is 8.59. The van der Waals surface area contributed by atoms with Gasteiger partial charge in [-0.1, -0.05) is 64.5 Å². The molecular weight excluding hydrogens is 488 g/mol. The number of aromatic hydroxyl groups is 1. The summed E-state index contributed by atoms with van der Waals surface area (Å²) in [5, 5.41) is 24.0. The summed E-state index contributed by atoms with van der Waals surface area (Å²) in [4.78, 5) is 6.08. The summed E-state index contributed by atoms with van der Waals surface area (Å²) in [5.74, 6) is 0.257. The van der Waals surface area contributed by atoms with Crippen molar-refractivity contribution in [1.82, 2.24) is 9.88 Å². The molecule has 34 heavy (non-hydrogen) atoms. The second-order valence-corrected chi connectivity index (χ2v) is 11.0. The Hall–Kier alpha value is -2.60. The molecule has 1 aromatic heterocycles. The minimum atomic E-state index is -0.926. The van der Waals surface area contributed by atoms with Gasteiger partial charge in [0.2, 0.25) is 0 Å². The largest absolute Gasteiger partial charge is 0.508 e. The number of rotatable bonds is 4. The fourth-order valence-corrected chi connectivity index (χ4v) is 6.69. The molecule has 4 aromatic rings. The summed E-state index contributed by atoms with van der Waals surface area (Å²) in [5.41, 5.74) is 4.53. The number of likely N-dealkylation sites (tertiary alicyclic amines) is 1. The van der Waals surface area contributed by atoms with Gasteiger partial charge in [-0.3, -0.25) is 0 Å². The highest BCUT2D eigenvalue weighted by Crippen LogP contribution is 2.51. The molecule has 2 heterocycles. The molecule has 3 aromatic carbocycles. The molecule has 0 radical (unpaired) electrons. The summed E-state index contributed by atoms with van der Waals surface area (Å²) in [6.45, 7) is 2.47. The van der Waals surface area contributed by atoms with E-state index in [4.69, 9.17) is 0 Å². The molecule has 1 aliphatic heterocycles. The number of nitrogens with zero attached hydrogens (tertiary/aromatic N) is 1. The normalized spacial score (nSPS) is 24.6. The maximum Gasteiger partial charge on any atom is 0.115 e. The topological polar surface area (TPSA) is 59.5 Å². The molecule has 0 bridgehead atoms. The SMILES string of the molecule is Oc1cccc([C@@]23CCN(CCc4ccccc4)C[C@@]2(O)Cc2c([nH]c4cc(Br)ccc24)C3)c1. The number of benzene rings is 3. The van der Waals surface area contributed by atoms with E-state index in [0.717, 1.165) is 47.9 Å². The maximum absolute atomic E-state index is 12.5. The monoisotopic (exact) mass is 516 g/mol. The van der Waals surface area contributed by atoms with Gasteiger partial charge >= 0.3 is 0 Å². The Morgan fingerprint density at radius 2 is 1.82 bits per heavy atom. The van der Waals surface area contributed by atoms with Crippen molar-refractivity contribution in [2.75, 3.05) is 19.6 Å². The zero-order valence-electron chi connectivity index (χ0n) is 19.1. The molecule has 0 saturated carbocycles. The molecule has 6 rings (SSSR count). The van der Waals surface area contributed by atoms with Crippen molar-refractivity contribution in [1.29, 1.82) is 0 Å². The minimum Gasteiger partial charge on any atom is -0.508 e. The van der Waals surface area contributed by atoms with E-state index >= 15 is 0 Å². The Morgan fingerprint density at radius 3 is 2.65 bits per heavy atom. The second-order valence-electron chi connectivity index (χ2n) is 10.1. The summed E-state index contributed by atoms with van der Waals surface area (Å²) < 4.78 is 1.05. The van der Waals surface area contributed by atoms with Crippen LogP contribution in [0.1, 0.15) is 28.8 Å². The number of nitrogens with one attached hydrogen (secondary N) is 1. The molecular formula is C29H29BrN2O2. The van der Waals surface area contributed by atoms with Gasteiger partial charge in [0.25, 0.3) is 0 Å². The summed E-state index contributed by atoms with van der Waals surface area (Å²) >= 11 is 3.59. The average Bonchev–Trinajstić information content (AvgIpc) is 3.16. The van der Waals surface area contributed by atoms with Crippen LogP contribution in [0, 0.1) is 0 Å². The van der Waals surface area contributed by atoms with Crippen molar-refractivity contribution in [3.63, 3.8) is 0 Å². The van der Waals surface area contributed by atoms with Crippen LogP contribution in [0.15, 0.2) is 77.3 Å². The molecule has 0 spiro atoms. The van der Waals surface area contributed by atoms with Gasteiger partial charge in [0.15, 0.2) is 0 Å². The van der Waals surface area contributed by atoms with Crippen LogP contribution in [-0.4, -0.2) is 45.3 Å². The third-order valence-electron chi connectivity index (χ3n) is 8.09. The van der Waals surface area contributed by atoms with Gasteiger partial charge < -0.3 is 20.1 Å². The Morgan fingerprint density at radius 1 is 0.971 bits per heavy atom. The Labute approximate surface area is 208 Å². The predicted octanol–water partition coefficient (Wildman–Crippen LogP) is 5.35. The van der Waals surface area contributed by atoms with Gasteiger partial charge in [-0.25, -0.2) is 0 Å². The van der Waals surface area contributed by atoms with Crippen molar-refractivity contribution < 1.29 is 10.2 Å². The molecule has 4 nitrogen and oxygen atoms in total. The molecule has 1 fully saturated rings. The van der Waals surface area contributed by atoms with E-state index in [1.54, 1.807) is 6.07 Å². The molecule has 2 aliphatic rings. The van der Waals surface area contributed by atoms with Crippen molar-refractivity contribution >= 4 is 26.8 Å². The molecule has 1 aliphatic carbocycles. The number of hydrogen-bond donors (Lipinski definition) is 3. The van der Waals surface area contributed by atoms with Crippen LogP contribution in [-0.2, 0) is 24.7 Å². The fraction of sp³-hybridized carbons (Fsp3) is 0.310. The molecule has 174 valence electrons. The molecule has 0 amide bonds. The molecule has 3 N–H and O–H groups in total. The first-order chi connectivity index (χ1) is 16.5. The van der Waals surface area contributed by atoms with Crippen molar-refractivity contribution in [2.45, 2.75) is 36.7 Å². The lowest BCUT2D eigenvalue weighted by Crippen LogP contribution is -2.66. The zero-order valence-corrected chi connectivity index (χ0v) is 20.7. The number of aromatic nitrogens is 1. The lowest BCUT2D eigenvalue weighted by atomic mass is 9.56. The number of aromatic amines is 1. The standard InChI is InChI=1S/C29H29BrN2O2/c30-22-9-10-24-25-17-29(34)19-32(13-11-20-5-2-1-3-6-20)14-12-28(29,18-27(25)31-26(24)16-22)21-7-4-8-23(33)15-21/h1-10,15-16,31,33-34H,11-14,17-19H2/t28-,29-/m0/s1. The minimum absolute atomic E-state index is 0.257. The highest BCUT2D eigenvalue weighted by molar-refractivity contribution is 9.10. The quantitative estimate of drug-likeness (QED) is 0.342. The Bertz CT molecular complexity index is 1350. The number of halogens is 1. The van der Waals surface area contributed by atoms with E-state index in [0.29, 0.717) is 13.0 Å². The third kappa shape index (κ3) is 3.58. The van der Waals surface area contributed by atoms with E-state index in [9.17, 15) is 10.2 Å². The fourth-order valence-electron chi connectivity index (χ4n) is 6.33. The number of β-amino-alcohol motifs (C(OH)–C–C–N with tert-alkyl or cyclic N) is 1. The van der Waals surface area contributed by atoms with Crippen LogP contribution in [0.5, 0.6) is 5.75 Å². The second kappa shape index (κ2) is 8.26. The van der Waals surface area contributed by atoms with Gasteiger partial charge in [0.1, 0.15) is 5.75 Å². The smallest absolute Gasteiger partial charge is 0.115 e. The molecule has 5 heteroatoms. The van der Waals surface area contributed by atoms with Crippen LogP contribution >= 0.6 is 15.9 Å². The lowest BCUT2D eigenvalue weighted by Gasteiger charge is -2.56. The summed E-state index contributed by atoms with van der Waals surface area (Å²) in [7, 11) is 0. The predicted molar refractivity (Wildman–Crippen MR) is 139 cm³/mol. The van der Waals surface area contributed by atoms with Crippen molar-refractivity contribution in [3.8, 4) is 5.75 Å².